The highest BCUT2D eigenvalue weighted by Crippen LogP contribution is 2.40. The van der Waals surface area contributed by atoms with Crippen molar-refractivity contribution < 1.29 is 14.3 Å². The van der Waals surface area contributed by atoms with Gasteiger partial charge in [0.15, 0.2) is 5.00 Å². The van der Waals surface area contributed by atoms with Gasteiger partial charge in [0, 0.05) is 25.7 Å². The van der Waals surface area contributed by atoms with Crippen molar-refractivity contribution in [3.8, 4) is 0 Å². The molecule has 254 valence electrons. The van der Waals surface area contributed by atoms with E-state index < -0.39 is 5.97 Å². The third-order valence-electron chi connectivity index (χ3n) is 8.35. The fraction of sp³-hybridized carbons (Fsp3) is 0.514. The summed E-state index contributed by atoms with van der Waals surface area (Å²) < 4.78 is 5.00. The molecule has 1 heterocycles. The zero-order valence-corrected chi connectivity index (χ0v) is 30.0. The number of aryl methyl sites for hydroxylation is 1. The van der Waals surface area contributed by atoms with Crippen LogP contribution in [0.4, 0.5) is 32.8 Å². The molecule has 3 rings (SSSR count). The second-order valence-corrected chi connectivity index (χ2v) is 13.2. The van der Waals surface area contributed by atoms with Crippen LogP contribution in [0.3, 0.4) is 0 Å². The first-order valence-electron chi connectivity index (χ1n) is 17.0. The summed E-state index contributed by atoms with van der Waals surface area (Å²) in [4.78, 5) is 27.4. The lowest BCUT2D eigenvalue weighted by Gasteiger charge is -2.33. The average Bonchev–Trinajstić information content (AvgIpc) is 3.49. The molecule has 1 amide bonds. The second-order valence-electron chi connectivity index (χ2n) is 12.2. The molecule has 10 heteroatoms. The van der Waals surface area contributed by atoms with E-state index in [-0.39, 0.29) is 11.5 Å². The van der Waals surface area contributed by atoms with Crippen molar-refractivity contribution in [2.75, 3.05) is 30.4 Å². The Morgan fingerprint density at radius 3 is 2.04 bits per heavy atom. The molecular weight excluding hydrogens is 609 g/mol. The van der Waals surface area contributed by atoms with Crippen LogP contribution in [0.5, 0.6) is 0 Å². The van der Waals surface area contributed by atoms with Crippen molar-refractivity contribution in [1.29, 1.82) is 0 Å². The van der Waals surface area contributed by atoms with Gasteiger partial charge in [-0.2, -0.15) is 0 Å². The fourth-order valence-corrected chi connectivity index (χ4v) is 6.20. The number of carbonyl (C=O) groups is 2. The highest BCUT2D eigenvalue weighted by atomic mass is 32.1. The summed E-state index contributed by atoms with van der Waals surface area (Å²) in [5.41, 5.74) is 4.20. The summed E-state index contributed by atoms with van der Waals surface area (Å²) in [7, 11) is 1.32. The Balaban J connectivity index is 1.97. The van der Waals surface area contributed by atoms with Crippen LogP contribution >= 0.6 is 11.3 Å². The van der Waals surface area contributed by atoms with Crippen LogP contribution < -0.4 is 10.2 Å². The van der Waals surface area contributed by atoms with Crippen LogP contribution in [-0.4, -0.2) is 32.1 Å². The predicted molar refractivity (Wildman–Crippen MR) is 195 cm³/mol. The Morgan fingerprint density at radius 1 is 0.851 bits per heavy atom. The molecule has 0 radical (unpaired) electrons. The van der Waals surface area contributed by atoms with Crippen molar-refractivity contribution in [1.82, 2.24) is 0 Å². The van der Waals surface area contributed by atoms with Crippen molar-refractivity contribution in [2.24, 2.45) is 32.3 Å². The van der Waals surface area contributed by atoms with Crippen LogP contribution in [0.15, 0.2) is 69.0 Å². The van der Waals surface area contributed by atoms with Crippen LogP contribution in [0.25, 0.3) is 0 Å². The molecule has 0 fully saturated rings. The molecule has 0 aliphatic heterocycles. The molecule has 2 aromatic carbocycles. The molecule has 9 nitrogen and oxygen atoms in total. The molecule has 1 N–H and O–H groups in total. The number of azo groups is 2. The van der Waals surface area contributed by atoms with Gasteiger partial charge >= 0.3 is 5.97 Å². The van der Waals surface area contributed by atoms with Crippen LogP contribution in [0.1, 0.15) is 102 Å². The SMILES string of the molecule is CCCCC(CC)CN(CC(CC)CCCC)c1ccc(N=Nc2sc(N=Nc3ccc(C)cc3)cc2C(=O)OC)c(NC(C)=O)c1. The first-order chi connectivity index (χ1) is 22.7. The third-order valence-corrected chi connectivity index (χ3v) is 9.25. The Labute approximate surface area is 284 Å². The van der Waals surface area contributed by atoms with E-state index in [2.05, 4.69) is 64.4 Å². The van der Waals surface area contributed by atoms with E-state index >= 15 is 0 Å². The number of nitrogens with zero attached hydrogens (tertiary/aromatic N) is 5. The van der Waals surface area contributed by atoms with Gasteiger partial charge in [0.2, 0.25) is 5.91 Å². The van der Waals surface area contributed by atoms with E-state index in [1.165, 1.54) is 63.9 Å². The molecule has 1 aromatic heterocycles. The van der Waals surface area contributed by atoms with Crippen molar-refractivity contribution >= 4 is 56.0 Å². The Bertz CT molecular complexity index is 1470. The lowest BCUT2D eigenvalue weighted by atomic mass is 9.95. The summed E-state index contributed by atoms with van der Waals surface area (Å²) in [6.45, 7) is 14.5. The third kappa shape index (κ3) is 12.0. The van der Waals surface area contributed by atoms with Crippen LogP contribution in [0, 0.1) is 18.8 Å². The summed E-state index contributed by atoms with van der Waals surface area (Å²) in [6.07, 6.45) is 9.49. The van der Waals surface area contributed by atoms with Gasteiger partial charge in [-0.05, 0) is 68.0 Å². The number of anilines is 2. The van der Waals surface area contributed by atoms with Gasteiger partial charge in [-0.1, -0.05) is 95.3 Å². The number of amides is 1. The van der Waals surface area contributed by atoms with Crippen LogP contribution in [-0.2, 0) is 9.53 Å². The highest BCUT2D eigenvalue weighted by Gasteiger charge is 2.20. The minimum atomic E-state index is -0.540. The molecule has 47 heavy (non-hydrogen) atoms. The highest BCUT2D eigenvalue weighted by molar-refractivity contribution is 7.19. The lowest BCUT2D eigenvalue weighted by molar-refractivity contribution is -0.114. The molecule has 0 bridgehead atoms. The zero-order valence-electron chi connectivity index (χ0n) is 29.2. The van der Waals surface area contributed by atoms with E-state index in [4.69, 9.17) is 4.74 Å². The molecule has 0 saturated heterocycles. The Kier molecular flexibility index (Phi) is 15.7. The summed E-state index contributed by atoms with van der Waals surface area (Å²) in [6, 6.07) is 15.2. The van der Waals surface area contributed by atoms with E-state index in [9.17, 15) is 9.59 Å². The van der Waals surface area contributed by atoms with Gasteiger partial charge < -0.3 is 15.0 Å². The minimum Gasteiger partial charge on any atom is -0.465 e. The maximum absolute atomic E-state index is 12.6. The molecular formula is C37H52N6O3S. The van der Waals surface area contributed by atoms with Gasteiger partial charge in [-0.3, -0.25) is 4.79 Å². The number of hydrogen-bond donors (Lipinski definition) is 1. The Hall–Kier alpha value is -3.92. The minimum absolute atomic E-state index is 0.195. The van der Waals surface area contributed by atoms with Gasteiger partial charge in [0.05, 0.1) is 18.5 Å². The largest absolute Gasteiger partial charge is 0.465 e. The maximum Gasteiger partial charge on any atom is 0.341 e. The average molecular weight is 661 g/mol. The van der Waals surface area contributed by atoms with Gasteiger partial charge in [-0.25, -0.2) is 4.79 Å². The number of thiophene rings is 1. The van der Waals surface area contributed by atoms with E-state index in [0.29, 0.717) is 38.9 Å². The number of esters is 1. The van der Waals surface area contributed by atoms with Gasteiger partial charge in [-0.15, -0.1) is 20.5 Å². The van der Waals surface area contributed by atoms with Crippen LogP contribution in [0.2, 0.25) is 0 Å². The number of methoxy groups -OCH3 is 1. The number of unbranched alkanes of at least 4 members (excludes halogenated alkanes) is 2. The maximum atomic E-state index is 12.6. The molecule has 0 aliphatic rings. The number of ether oxygens (including phenoxy) is 1. The zero-order chi connectivity index (χ0) is 34.2. The molecule has 2 atom stereocenters. The Morgan fingerprint density at radius 2 is 1.49 bits per heavy atom. The normalized spacial score (nSPS) is 12.8. The van der Waals surface area contributed by atoms with Crippen molar-refractivity contribution in [3.05, 3.63) is 59.7 Å². The number of carbonyl (C=O) groups excluding carboxylic acids is 2. The lowest BCUT2D eigenvalue weighted by Crippen LogP contribution is -2.34. The first kappa shape index (κ1) is 37.5. The molecule has 0 spiro atoms. The number of benzene rings is 2. The summed E-state index contributed by atoms with van der Waals surface area (Å²) >= 11 is 1.19. The van der Waals surface area contributed by atoms with Gasteiger partial charge in [0.1, 0.15) is 16.3 Å². The molecule has 3 aromatic rings. The quantitative estimate of drug-likeness (QED) is 0.102. The van der Waals surface area contributed by atoms with Crippen molar-refractivity contribution in [3.63, 3.8) is 0 Å². The fourth-order valence-electron chi connectivity index (χ4n) is 5.41. The van der Waals surface area contributed by atoms with E-state index in [0.717, 1.165) is 37.2 Å². The van der Waals surface area contributed by atoms with Crippen molar-refractivity contribution in [2.45, 2.75) is 92.9 Å². The van der Waals surface area contributed by atoms with Gasteiger partial charge in [0.25, 0.3) is 0 Å². The first-order valence-corrected chi connectivity index (χ1v) is 17.8. The second kappa shape index (κ2) is 19.7. The summed E-state index contributed by atoms with van der Waals surface area (Å²) in [5.74, 6) is 0.450. The molecule has 0 aliphatic carbocycles. The number of nitrogens with one attached hydrogen (secondary N) is 1. The molecule has 2 unspecified atom stereocenters. The van der Waals surface area contributed by atoms with E-state index in [1.807, 2.05) is 43.3 Å². The number of rotatable bonds is 19. The standard InChI is InChI=1S/C37H52N6O3S/c1-8-12-14-28(10-3)24-43(25-29(11-4)15-13-9-2)31-20-21-33(34(22-31)38-27(6)44)40-42-36-32(37(45)46-7)23-35(47-36)41-39-30-18-16-26(5)17-19-30/h16-23,28-29H,8-15,24-25H2,1-7H3,(H,38,44). The van der Waals surface area contributed by atoms with E-state index in [1.54, 1.807) is 6.07 Å². The smallest absolute Gasteiger partial charge is 0.341 e. The number of hydrogen-bond acceptors (Lipinski definition) is 9. The molecule has 0 saturated carbocycles. The predicted octanol–water partition coefficient (Wildman–Crippen LogP) is 11.9. The monoisotopic (exact) mass is 660 g/mol. The summed E-state index contributed by atoms with van der Waals surface area (Å²) in [5, 5.41) is 21.4. The topological polar surface area (TPSA) is 108 Å².